The van der Waals surface area contributed by atoms with Crippen LogP contribution in [0.2, 0.25) is 0 Å². The van der Waals surface area contributed by atoms with Gasteiger partial charge in [0, 0.05) is 14.1 Å². The highest BCUT2D eigenvalue weighted by Crippen LogP contribution is 2.14. The van der Waals surface area contributed by atoms with Gasteiger partial charge in [-0.15, -0.1) is 0 Å². The third-order valence-corrected chi connectivity index (χ3v) is 2.07. The minimum absolute atomic E-state index is 0.128. The number of aromatic nitrogens is 1. The highest BCUT2D eigenvalue weighted by Gasteiger charge is 2.19. The molecule has 0 atom stereocenters. The number of nitrogen functional groups attached to an aromatic ring is 1. The Balaban J connectivity index is 3.01. The number of anilines is 2. The Hall–Kier alpha value is -1.82. The minimum Gasteiger partial charge on any atom is -0.384 e. The molecule has 0 aliphatic rings. The van der Waals surface area contributed by atoms with Crippen LogP contribution in [0.15, 0.2) is 18.2 Å². The zero-order valence-corrected chi connectivity index (χ0v) is 10.7. The van der Waals surface area contributed by atoms with Gasteiger partial charge in [0.25, 0.3) is 0 Å². The van der Waals surface area contributed by atoms with Crippen LogP contribution in [0, 0.1) is 0 Å². The molecule has 6 nitrogen and oxygen atoms in total. The predicted octanol–water partition coefficient (Wildman–Crippen LogP) is 0.671. The summed E-state index contributed by atoms with van der Waals surface area (Å²) in [7, 11) is 7.19. The zero-order valence-electron chi connectivity index (χ0n) is 10.7. The summed E-state index contributed by atoms with van der Waals surface area (Å²) in [6.07, 6.45) is 0. The van der Waals surface area contributed by atoms with Crippen LogP contribution in [-0.2, 0) is 0 Å². The van der Waals surface area contributed by atoms with E-state index in [2.05, 4.69) is 4.98 Å². The first kappa shape index (κ1) is 13.2. The van der Waals surface area contributed by atoms with Gasteiger partial charge in [-0.05, 0) is 26.2 Å². The summed E-state index contributed by atoms with van der Waals surface area (Å²) >= 11 is 0. The van der Waals surface area contributed by atoms with Gasteiger partial charge < -0.3 is 10.6 Å². The average molecular weight is 237 g/mol. The molecule has 0 saturated carbocycles. The van der Waals surface area contributed by atoms with Gasteiger partial charge >= 0.3 is 6.03 Å². The standard InChI is InChI=1S/C11H19N5O/c1-14(2)8-16(11(17)15(3)4)10-7-5-6-9(12)13-10/h5-7H,8H2,1-4H3,(H2,12,13). The van der Waals surface area contributed by atoms with Crippen molar-refractivity contribution in [2.45, 2.75) is 0 Å². The van der Waals surface area contributed by atoms with Crippen LogP contribution >= 0.6 is 0 Å². The molecule has 6 heteroatoms. The summed E-state index contributed by atoms with van der Waals surface area (Å²) in [5, 5.41) is 0. The highest BCUT2D eigenvalue weighted by molar-refractivity contribution is 5.90. The van der Waals surface area contributed by atoms with Crippen LogP contribution in [0.3, 0.4) is 0 Å². The predicted molar refractivity (Wildman–Crippen MR) is 68.8 cm³/mol. The van der Waals surface area contributed by atoms with Crippen LogP contribution in [0.25, 0.3) is 0 Å². The largest absolute Gasteiger partial charge is 0.384 e. The number of carbonyl (C=O) groups excluding carboxylic acids is 1. The number of rotatable bonds is 3. The van der Waals surface area contributed by atoms with Crippen LogP contribution in [0.4, 0.5) is 16.4 Å². The lowest BCUT2D eigenvalue weighted by Gasteiger charge is -2.27. The van der Waals surface area contributed by atoms with Gasteiger partial charge in [0.1, 0.15) is 11.6 Å². The van der Waals surface area contributed by atoms with Crippen molar-refractivity contribution in [3.8, 4) is 0 Å². The molecule has 0 aliphatic carbocycles. The van der Waals surface area contributed by atoms with Gasteiger partial charge in [0.05, 0.1) is 6.67 Å². The number of nitrogens with two attached hydrogens (primary N) is 1. The maximum atomic E-state index is 12.0. The Labute approximate surface area is 102 Å². The molecule has 2 N–H and O–H groups in total. The maximum Gasteiger partial charge on any atom is 0.326 e. The molecule has 2 amide bonds. The molecule has 0 saturated heterocycles. The normalized spacial score (nSPS) is 10.4. The summed E-state index contributed by atoms with van der Waals surface area (Å²) in [6, 6.07) is 5.11. The van der Waals surface area contributed by atoms with Gasteiger partial charge in [-0.2, -0.15) is 0 Å². The first-order chi connectivity index (χ1) is 7.91. The summed E-state index contributed by atoms with van der Waals surface area (Å²) in [5.41, 5.74) is 5.63. The Morgan fingerprint density at radius 2 is 1.94 bits per heavy atom. The molecule has 0 aromatic carbocycles. The lowest BCUT2D eigenvalue weighted by atomic mass is 10.4. The number of carbonyl (C=O) groups is 1. The van der Waals surface area contributed by atoms with E-state index in [4.69, 9.17) is 5.73 Å². The van der Waals surface area contributed by atoms with Crippen molar-refractivity contribution in [3.63, 3.8) is 0 Å². The van der Waals surface area contributed by atoms with Crippen molar-refractivity contribution in [1.29, 1.82) is 0 Å². The second-order valence-electron chi connectivity index (χ2n) is 4.25. The number of pyridine rings is 1. The number of hydrogen-bond donors (Lipinski definition) is 1. The van der Waals surface area contributed by atoms with E-state index < -0.39 is 0 Å². The molecule has 1 heterocycles. The first-order valence-electron chi connectivity index (χ1n) is 5.28. The maximum absolute atomic E-state index is 12.0. The van der Waals surface area contributed by atoms with E-state index >= 15 is 0 Å². The number of nitrogens with zero attached hydrogens (tertiary/aromatic N) is 4. The smallest absolute Gasteiger partial charge is 0.326 e. The Morgan fingerprint density at radius 1 is 1.29 bits per heavy atom. The van der Waals surface area contributed by atoms with E-state index in [1.165, 1.54) is 4.90 Å². The molecule has 1 rings (SSSR count). The van der Waals surface area contributed by atoms with Crippen LogP contribution in [-0.4, -0.2) is 55.7 Å². The van der Waals surface area contributed by atoms with Crippen LogP contribution < -0.4 is 10.6 Å². The van der Waals surface area contributed by atoms with Crippen molar-refractivity contribution in [3.05, 3.63) is 18.2 Å². The molecule has 0 spiro atoms. The molecule has 0 fully saturated rings. The monoisotopic (exact) mass is 237 g/mol. The first-order valence-corrected chi connectivity index (χ1v) is 5.28. The van der Waals surface area contributed by atoms with E-state index in [1.807, 2.05) is 19.0 Å². The summed E-state index contributed by atoms with van der Waals surface area (Å²) < 4.78 is 0. The summed E-state index contributed by atoms with van der Waals surface area (Å²) in [6.45, 7) is 0.452. The second-order valence-corrected chi connectivity index (χ2v) is 4.25. The van der Waals surface area contributed by atoms with E-state index in [9.17, 15) is 4.79 Å². The van der Waals surface area contributed by atoms with Gasteiger partial charge in [-0.25, -0.2) is 9.78 Å². The Bertz CT molecular complexity index is 391. The Morgan fingerprint density at radius 3 is 2.41 bits per heavy atom. The second kappa shape index (κ2) is 5.49. The lowest BCUT2D eigenvalue weighted by molar-refractivity contribution is 0.219. The number of amides is 2. The molecule has 0 bridgehead atoms. The van der Waals surface area contributed by atoms with E-state index in [-0.39, 0.29) is 6.03 Å². The van der Waals surface area contributed by atoms with Crippen LogP contribution in [0.1, 0.15) is 0 Å². The third kappa shape index (κ3) is 3.60. The molecular weight excluding hydrogens is 218 g/mol. The van der Waals surface area contributed by atoms with Crippen molar-refractivity contribution in [2.24, 2.45) is 0 Å². The number of hydrogen-bond acceptors (Lipinski definition) is 4. The lowest BCUT2D eigenvalue weighted by Crippen LogP contribution is -2.44. The average Bonchev–Trinajstić information content (AvgIpc) is 2.24. The number of urea groups is 1. The molecule has 1 aromatic heterocycles. The van der Waals surface area contributed by atoms with Gasteiger partial charge in [0.2, 0.25) is 0 Å². The molecular formula is C11H19N5O. The molecule has 0 aliphatic heterocycles. The molecule has 1 aromatic rings. The van der Waals surface area contributed by atoms with Crippen molar-refractivity contribution >= 4 is 17.7 Å². The molecule has 17 heavy (non-hydrogen) atoms. The minimum atomic E-state index is -0.128. The van der Waals surface area contributed by atoms with E-state index in [0.717, 1.165) is 0 Å². The van der Waals surface area contributed by atoms with Crippen LogP contribution in [0.5, 0.6) is 0 Å². The third-order valence-electron chi connectivity index (χ3n) is 2.07. The molecule has 0 radical (unpaired) electrons. The van der Waals surface area contributed by atoms with Gasteiger partial charge in [-0.3, -0.25) is 9.80 Å². The molecule has 0 unspecified atom stereocenters. The van der Waals surface area contributed by atoms with Crippen molar-refractivity contribution < 1.29 is 4.79 Å². The fourth-order valence-electron chi connectivity index (χ4n) is 1.35. The fourth-order valence-corrected chi connectivity index (χ4v) is 1.35. The summed E-state index contributed by atoms with van der Waals surface area (Å²) in [4.78, 5) is 21.2. The quantitative estimate of drug-likeness (QED) is 0.785. The zero-order chi connectivity index (χ0) is 13.0. The topological polar surface area (TPSA) is 65.7 Å². The SMILES string of the molecule is CN(C)CN(C(=O)N(C)C)c1cccc(N)n1. The van der Waals surface area contributed by atoms with E-state index in [1.54, 1.807) is 37.2 Å². The summed E-state index contributed by atoms with van der Waals surface area (Å²) in [5.74, 6) is 0.954. The van der Waals surface area contributed by atoms with E-state index in [0.29, 0.717) is 18.3 Å². The fraction of sp³-hybridized carbons (Fsp3) is 0.455. The molecule has 94 valence electrons. The Kier molecular flexibility index (Phi) is 4.28. The van der Waals surface area contributed by atoms with Gasteiger partial charge in [0.15, 0.2) is 0 Å². The highest BCUT2D eigenvalue weighted by atomic mass is 16.2. The van der Waals surface area contributed by atoms with Crippen molar-refractivity contribution in [2.75, 3.05) is 45.5 Å². The van der Waals surface area contributed by atoms with Gasteiger partial charge in [-0.1, -0.05) is 6.07 Å². The van der Waals surface area contributed by atoms with Crippen molar-refractivity contribution in [1.82, 2.24) is 14.8 Å².